The molecule has 6 N–H and O–H groups in total. The third-order valence-corrected chi connectivity index (χ3v) is 4.25. The minimum atomic E-state index is -0.187. The predicted molar refractivity (Wildman–Crippen MR) is 97.3 cm³/mol. The Labute approximate surface area is 148 Å². The highest BCUT2D eigenvalue weighted by Gasteiger charge is 2.24. The molecule has 0 spiro atoms. The van der Waals surface area contributed by atoms with Gasteiger partial charge in [-0.05, 0) is 45.4 Å². The zero-order valence-electron chi connectivity index (χ0n) is 15.0. The Balaban J connectivity index is 1.94. The van der Waals surface area contributed by atoms with E-state index in [1.165, 1.54) is 0 Å². The van der Waals surface area contributed by atoms with Gasteiger partial charge in [0.15, 0.2) is 0 Å². The average molecular weight is 351 g/mol. The third-order valence-electron chi connectivity index (χ3n) is 4.25. The number of nitrogens with zero attached hydrogens (tertiary/aromatic N) is 3. The summed E-state index contributed by atoms with van der Waals surface area (Å²) in [5.74, 6) is 1.72. The van der Waals surface area contributed by atoms with Gasteiger partial charge in [-0.1, -0.05) is 0 Å². The van der Waals surface area contributed by atoms with Crippen LogP contribution in [0.1, 0.15) is 39.5 Å². The Hall–Kier alpha value is -2.16. The van der Waals surface area contributed by atoms with Crippen molar-refractivity contribution in [2.75, 3.05) is 35.6 Å². The van der Waals surface area contributed by atoms with Crippen LogP contribution >= 0.6 is 0 Å². The summed E-state index contributed by atoms with van der Waals surface area (Å²) in [4.78, 5) is 24.3. The first-order valence-corrected chi connectivity index (χ1v) is 8.88. The van der Waals surface area contributed by atoms with Crippen molar-refractivity contribution in [3.63, 3.8) is 0 Å². The van der Waals surface area contributed by atoms with Crippen molar-refractivity contribution in [3.8, 4) is 0 Å². The fourth-order valence-electron chi connectivity index (χ4n) is 2.91. The number of primary amides is 1. The molecule has 0 atom stereocenters. The summed E-state index contributed by atoms with van der Waals surface area (Å²) in [5.41, 5.74) is 5.38. The number of amides is 1. The van der Waals surface area contributed by atoms with Gasteiger partial charge in [-0.25, -0.2) is 0 Å². The lowest BCUT2D eigenvalue weighted by atomic mass is 9.82. The summed E-state index contributed by atoms with van der Waals surface area (Å²) in [6.07, 6.45) is 3.64. The number of hydrogen-bond donors (Lipinski definition) is 5. The molecule has 2 rings (SSSR count). The summed E-state index contributed by atoms with van der Waals surface area (Å²) in [7, 11) is 0. The van der Waals surface area contributed by atoms with Crippen molar-refractivity contribution >= 4 is 23.8 Å². The number of anilines is 3. The minimum absolute atomic E-state index is 0.00446. The van der Waals surface area contributed by atoms with E-state index >= 15 is 0 Å². The Morgan fingerprint density at radius 2 is 1.72 bits per heavy atom. The molecule has 0 radical (unpaired) electrons. The molecule has 1 aromatic heterocycles. The standard InChI is InChI=1S/C16H29N7O2/c1-10(2)20-16-22-14(18-7-8-24)21-15(23-16)19-9-11-3-5-12(6-4-11)13(17)25/h10-12,24H,3-9H2,1-2H3,(H2,17,25)(H3,18,19,20,21,22,23). The number of carbonyl (C=O) groups excluding carboxylic acids is 1. The second-order valence-electron chi connectivity index (χ2n) is 6.76. The molecule has 0 aromatic carbocycles. The molecule has 0 bridgehead atoms. The first-order chi connectivity index (χ1) is 12.0. The molecule has 0 unspecified atom stereocenters. The van der Waals surface area contributed by atoms with Crippen LogP contribution in [-0.4, -0.2) is 51.7 Å². The first kappa shape index (κ1) is 19.2. The van der Waals surface area contributed by atoms with Crippen molar-refractivity contribution in [2.24, 2.45) is 17.6 Å². The van der Waals surface area contributed by atoms with Gasteiger partial charge in [0.1, 0.15) is 0 Å². The highest BCUT2D eigenvalue weighted by molar-refractivity contribution is 5.76. The molecule has 1 amide bonds. The molecule has 1 aliphatic rings. The van der Waals surface area contributed by atoms with E-state index in [0.29, 0.717) is 30.3 Å². The fraction of sp³-hybridized carbons (Fsp3) is 0.750. The molecular formula is C16H29N7O2. The molecule has 1 saturated carbocycles. The molecule has 1 fully saturated rings. The SMILES string of the molecule is CC(C)Nc1nc(NCCO)nc(NCC2CCC(C(N)=O)CC2)n1. The molecule has 25 heavy (non-hydrogen) atoms. The molecule has 0 saturated heterocycles. The van der Waals surface area contributed by atoms with Gasteiger partial charge in [-0.2, -0.15) is 15.0 Å². The monoisotopic (exact) mass is 351 g/mol. The average Bonchev–Trinajstić information content (AvgIpc) is 2.58. The van der Waals surface area contributed by atoms with Crippen molar-refractivity contribution < 1.29 is 9.90 Å². The van der Waals surface area contributed by atoms with Gasteiger partial charge in [0.2, 0.25) is 23.8 Å². The van der Waals surface area contributed by atoms with Crippen molar-refractivity contribution in [1.29, 1.82) is 0 Å². The van der Waals surface area contributed by atoms with Gasteiger partial charge in [-0.15, -0.1) is 0 Å². The van der Waals surface area contributed by atoms with Gasteiger partial charge in [-0.3, -0.25) is 4.79 Å². The number of aromatic nitrogens is 3. The molecule has 9 heteroatoms. The third kappa shape index (κ3) is 6.33. The normalized spacial score (nSPS) is 20.3. The molecule has 1 heterocycles. The van der Waals surface area contributed by atoms with E-state index in [4.69, 9.17) is 10.8 Å². The van der Waals surface area contributed by atoms with Crippen LogP contribution in [0.2, 0.25) is 0 Å². The quantitative estimate of drug-likeness (QED) is 0.440. The first-order valence-electron chi connectivity index (χ1n) is 8.88. The van der Waals surface area contributed by atoms with E-state index in [2.05, 4.69) is 30.9 Å². The Bertz CT molecular complexity index is 559. The highest BCUT2D eigenvalue weighted by Crippen LogP contribution is 2.28. The maximum atomic E-state index is 11.2. The number of carbonyl (C=O) groups is 1. The van der Waals surface area contributed by atoms with Crippen LogP contribution in [0, 0.1) is 11.8 Å². The van der Waals surface area contributed by atoms with Crippen LogP contribution in [0.15, 0.2) is 0 Å². The highest BCUT2D eigenvalue weighted by atomic mass is 16.3. The topological polar surface area (TPSA) is 138 Å². The maximum absolute atomic E-state index is 11.2. The van der Waals surface area contributed by atoms with E-state index in [0.717, 1.165) is 32.2 Å². The second kappa shape index (κ2) is 9.36. The smallest absolute Gasteiger partial charge is 0.229 e. The van der Waals surface area contributed by atoms with E-state index in [-0.39, 0.29) is 24.5 Å². The number of aliphatic hydroxyl groups is 1. The summed E-state index contributed by atoms with van der Waals surface area (Å²) < 4.78 is 0. The number of aliphatic hydroxyl groups excluding tert-OH is 1. The molecular weight excluding hydrogens is 322 g/mol. The van der Waals surface area contributed by atoms with Gasteiger partial charge < -0.3 is 26.8 Å². The van der Waals surface area contributed by atoms with E-state index in [1.54, 1.807) is 0 Å². The number of nitrogens with one attached hydrogen (secondary N) is 3. The van der Waals surface area contributed by atoms with Gasteiger partial charge in [0.25, 0.3) is 0 Å². The largest absolute Gasteiger partial charge is 0.395 e. The van der Waals surface area contributed by atoms with Gasteiger partial charge >= 0.3 is 0 Å². The Morgan fingerprint density at radius 1 is 1.12 bits per heavy atom. The number of hydrogen-bond acceptors (Lipinski definition) is 8. The molecule has 0 aliphatic heterocycles. The van der Waals surface area contributed by atoms with Gasteiger partial charge in [0.05, 0.1) is 6.61 Å². The maximum Gasteiger partial charge on any atom is 0.229 e. The fourth-order valence-corrected chi connectivity index (χ4v) is 2.91. The zero-order valence-corrected chi connectivity index (χ0v) is 15.0. The molecule has 1 aliphatic carbocycles. The molecule has 9 nitrogen and oxygen atoms in total. The van der Waals surface area contributed by atoms with Crippen LogP contribution in [0.25, 0.3) is 0 Å². The Kier molecular flexibility index (Phi) is 7.17. The molecule has 1 aromatic rings. The van der Waals surface area contributed by atoms with Crippen molar-refractivity contribution in [1.82, 2.24) is 15.0 Å². The molecule has 140 valence electrons. The summed E-state index contributed by atoms with van der Waals surface area (Å²) in [6.45, 7) is 5.14. The predicted octanol–water partition coefficient (Wildman–Crippen LogP) is 0.800. The van der Waals surface area contributed by atoms with Gasteiger partial charge in [0, 0.05) is 25.0 Å². The lowest BCUT2D eigenvalue weighted by Crippen LogP contribution is -2.29. The lowest BCUT2D eigenvalue weighted by molar-refractivity contribution is -0.122. The van der Waals surface area contributed by atoms with Crippen LogP contribution in [0.4, 0.5) is 17.8 Å². The van der Waals surface area contributed by atoms with E-state index in [9.17, 15) is 4.79 Å². The number of rotatable bonds is 9. The van der Waals surface area contributed by atoms with Crippen LogP contribution in [-0.2, 0) is 4.79 Å². The number of nitrogens with two attached hydrogens (primary N) is 1. The zero-order chi connectivity index (χ0) is 18.2. The second-order valence-corrected chi connectivity index (χ2v) is 6.76. The van der Waals surface area contributed by atoms with Crippen molar-refractivity contribution in [2.45, 2.75) is 45.6 Å². The van der Waals surface area contributed by atoms with Crippen molar-refractivity contribution in [3.05, 3.63) is 0 Å². The lowest BCUT2D eigenvalue weighted by Gasteiger charge is -2.26. The van der Waals surface area contributed by atoms with Crippen LogP contribution in [0.5, 0.6) is 0 Å². The summed E-state index contributed by atoms with van der Waals surface area (Å²) in [6, 6.07) is 0.199. The van der Waals surface area contributed by atoms with Crippen LogP contribution < -0.4 is 21.7 Å². The summed E-state index contributed by atoms with van der Waals surface area (Å²) >= 11 is 0. The van der Waals surface area contributed by atoms with E-state index < -0.39 is 0 Å². The van der Waals surface area contributed by atoms with Crippen LogP contribution in [0.3, 0.4) is 0 Å². The summed E-state index contributed by atoms with van der Waals surface area (Å²) in [5, 5.41) is 18.3. The van der Waals surface area contributed by atoms with E-state index in [1.807, 2.05) is 13.8 Å². The minimum Gasteiger partial charge on any atom is -0.395 e. The Morgan fingerprint density at radius 3 is 2.28 bits per heavy atom.